The molecule has 0 aromatic carbocycles. The molecule has 6 nitrogen and oxygen atoms in total. The first-order chi connectivity index (χ1) is 9.81. The van der Waals surface area contributed by atoms with Gasteiger partial charge in [0.15, 0.2) is 9.84 Å². The fourth-order valence-electron chi connectivity index (χ4n) is 2.02. The van der Waals surface area contributed by atoms with Crippen molar-refractivity contribution in [3.8, 4) is 0 Å². The van der Waals surface area contributed by atoms with E-state index in [0.29, 0.717) is 10.9 Å². The number of anilines is 2. The van der Waals surface area contributed by atoms with Gasteiger partial charge in [0, 0.05) is 6.04 Å². The fourth-order valence-corrected chi connectivity index (χ4v) is 4.63. The Kier molecular flexibility index (Phi) is 4.48. The Labute approximate surface area is 128 Å². The number of nitrogens with one attached hydrogen (secondary N) is 1. The number of ether oxygens (including phenoxy) is 1. The molecule has 2 atom stereocenters. The highest BCUT2D eigenvalue weighted by Crippen LogP contribution is 2.43. The summed E-state index contributed by atoms with van der Waals surface area (Å²) < 4.78 is 29.4. The molecule has 0 spiro atoms. The summed E-state index contributed by atoms with van der Waals surface area (Å²) in [5, 5.41) is 3.64. The van der Waals surface area contributed by atoms with Crippen molar-refractivity contribution in [2.45, 2.75) is 38.1 Å². The van der Waals surface area contributed by atoms with Crippen molar-refractivity contribution in [2.75, 3.05) is 23.4 Å². The zero-order valence-electron chi connectivity index (χ0n) is 12.3. The normalized spacial score (nSPS) is 21.1. The van der Waals surface area contributed by atoms with E-state index in [4.69, 9.17) is 10.5 Å². The SMILES string of the molecule is CCOC(=O)c1sc(NC2CC2C)c(S(=O)(=O)CC)c1N. The van der Waals surface area contributed by atoms with Crippen LogP contribution in [-0.2, 0) is 14.6 Å². The van der Waals surface area contributed by atoms with Crippen molar-refractivity contribution in [3.05, 3.63) is 4.88 Å². The van der Waals surface area contributed by atoms with Gasteiger partial charge in [0.1, 0.15) is 14.8 Å². The Morgan fingerprint density at radius 3 is 2.57 bits per heavy atom. The van der Waals surface area contributed by atoms with Gasteiger partial charge in [-0.05, 0) is 19.3 Å². The van der Waals surface area contributed by atoms with Crippen LogP contribution in [0.2, 0.25) is 0 Å². The molecule has 0 amide bonds. The highest BCUT2D eigenvalue weighted by atomic mass is 32.2. The summed E-state index contributed by atoms with van der Waals surface area (Å²) >= 11 is 1.06. The number of sulfone groups is 1. The molecule has 1 aromatic heterocycles. The third-order valence-corrected chi connectivity index (χ3v) is 6.53. The molecule has 118 valence electrons. The van der Waals surface area contributed by atoms with Gasteiger partial charge in [-0.25, -0.2) is 13.2 Å². The van der Waals surface area contributed by atoms with Crippen LogP contribution in [0.15, 0.2) is 4.90 Å². The zero-order valence-corrected chi connectivity index (χ0v) is 13.9. The smallest absolute Gasteiger partial charge is 0.350 e. The maximum atomic E-state index is 12.3. The quantitative estimate of drug-likeness (QED) is 0.774. The first-order valence-electron chi connectivity index (χ1n) is 6.90. The Hall–Kier alpha value is -1.28. The molecule has 0 radical (unpaired) electrons. The molecule has 0 saturated heterocycles. The minimum absolute atomic E-state index is 0.00361. The summed E-state index contributed by atoms with van der Waals surface area (Å²) in [6.45, 7) is 5.54. The Balaban J connectivity index is 2.46. The van der Waals surface area contributed by atoms with Crippen molar-refractivity contribution < 1.29 is 17.9 Å². The molecule has 1 fully saturated rings. The maximum absolute atomic E-state index is 12.3. The summed E-state index contributed by atoms with van der Waals surface area (Å²) in [6.07, 6.45) is 0.984. The molecule has 2 rings (SSSR count). The molecule has 21 heavy (non-hydrogen) atoms. The van der Waals surface area contributed by atoms with E-state index < -0.39 is 15.8 Å². The lowest BCUT2D eigenvalue weighted by Gasteiger charge is -2.07. The number of rotatable bonds is 6. The van der Waals surface area contributed by atoms with Crippen LogP contribution in [0.5, 0.6) is 0 Å². The van der Waals surface area contributed by atoms with E-state index >= 15 is 0 Å². The largest absolute Gasteiger partial charge is 0.462 e. The van der Waals surface area contributed by atoms with Gasteiger partial charge in [-0.15, -0.1) is 11.3 Å². The number of carbonyl (C=O) groups excluding carboxylic acids is 1. The van der Waals surface area contributed by atoms with Gasteiger partial charge in [0.05, 0.1) is 18.0 Å². The highest BCUT2D eigenvalue weighted by Gasteiger charge is 2.36. The van der Waals surface area contributed by atoms with Gasteiger partial charge in [-0.2, -0.15) is 0 Å². The monoisotopic (exact) mass is 332 g/mol. The Morgan fingerprint density at radius 1 is 1.48 bits per heavy atom. The van der Waals surface area contributed by atoms with Gasteiger partial charge < -0.3 is 15.8 Å². The van der Waals surface area contributed by atoms with Crippen LogP contribution in [0.1, 0.15) is 36.9 Å². The van der Waals surface area contributed by atoms with E-state index in [0.717, 1.165) is 17.8 Å². The molecular weight excluding hydrogens is 312 g/mol. The predicted octanol–water partition coefficient (Wildman–Crippen LogP) is 2.12. The molecule has 1 aliphatic carbocycles. The molecule has 0 bridgehead atoms. The van der Waals surface area contributed by atoms with Crippen LogP contribution in [0.3, 0.4) is 0 Å². The van der Waals surface area contributed by atoms with Crippen molar-refractivity contribution in [2.24, 2.45) is 5.92 Å². The average molecular weight is 332 g/mol. The van der Waals surface area contributed by atoms with Crippen LogP contribution >= 0.6 is 11.3 Å². The number of hydrogen-bond donors (Lipinski definition) is 2. The zero-order chi connectivity index (χ0) is 15.8. The Morgan fingerprint density at radius 2 is 2.10 bits per heavy atom. The van der Waals surface area contributed by atoms with Crippen molar-refractivity contribution in [1.29, 1.82) is 0 Å². The maximum Gasteiger partial charge on any atom is 0.350 e. The first kappa shape index (κ1) is 16.1. The highest BCUT2D eigenvalue weighted by molar-refractivity contribution is 7.91. The van der Waals surface area contributed by atoms with Crippen molar-refractivity contribution in [3.63, 3.8) is 0 Å². The molecule has 1 aliphatic rings. The van der Waals surface area contributed by atoms with E-state index in [2.05, 4.69) is 12.2 Å². The number of nitrogen functional groups attached to an aromatic ring is 1. The second kappa shape index (κ2) is 5.84. The lowest BCUT2D eigenvalue weighted by atomic mass is 10.4. The molecule has 1 aromatic rings. The van der Waals surface area contributed by atoms with E-state index in [1.165, 1.54) is 0 Å². The lowest BCUT2D eigenvalue weighted by Crippen LogP contribution is -2.11. The second-order valence-corrected chi connectivity index (χ2v) is 8.33. The standard InChI is InChI=1S/C13H20N2O4S2/c1-4-19-13(16)10-9(14)11(21(17,18)5-2)12(20-10)15-8-6-7(8)3/h7-8,15H,4-6,14H2,1-3H3. The van der Waals surface area contributed by atoms with Gasteiger partial charge in [0.2, 0.25) is 0 Å². The van der Waals surface area contributed by atoms with Crippen LogP contribution < -0.4 is 11.1 Å². The lowest BCUT2D eigenvalue weighted by molar-refractivity contribution is 0.0533. The third-order valence-electron chi connectivity index (χ3n) is 3.48. The van der Waals surface area contributed by atoms with E-state index in [1.54, 1.807) is 13.8 Å². The summed E-state index contributed by atoms with van der Waals surface area (Å²) in [5.41, 5.74) is 5.91. The predicted molar refractivity (Wildman–Crippen MR) is 83.6 cm³/mol. The van der Waals surface area contributed by atoms with Crippen LogP contribution in [0.25, 0.3) is 0 Å². The average Bonchev–Trinajstić information content (AvgIpc) is 2.98. The number of esters is 1. The second-order valence-electron chi connectivity index (χ2n) is 5.09. The van der Waals surface area contributed by atoms with E-state index in [1.807, 2.05) is 0 Å². The summed E-state index contributed by atoms with van der Waals surface area (Å²) in [7, 11) is -3.51. The van der Waals surface area contributed by atoms with Crippen LogP contribution in [0, 0.1) is 5.92 Å². The minimum Gasteiger partial charge on any atom is -0.462 e. The summed E-state index contributed by atoms with van der Waals surface area (Å²) in [4.78, 5) is 12.1. The van der Waals surface area contributed by atoms with Crippen molar-refractivity contribution >= 4 is 37.8 Å². The number of thiophene rings is 1. The molecule has 3 N–H and O–H groups in total. The number of hydrogen-bond acceptors (Lipinski definition) is 7. The van der Waals surface area contributed by atoms with E-state index in [9.17, 15) is 13.2 Å². The molecule has 0 aliphatic heterocycles. The summed E-state index contributed by atoms with van der Waals surface area (Å²) in [5.74, 6) is -0.147. The molecule has 1 saturated carbocycles. The topological polar surface area (TPSA) is 98.5 Å². The minimum atomic E-state index is -3.51. The number of carbonyl (C=O) groups is 1. The van der Waals surface area contributed by atoms with Crippen LogP contribution in [0.4, 0.5) is 10.7 Å². The van der Waals surface area contributed by atoms with Crippen LogP contribution in [-0.4, -0.2) is 32.8 Å². The van der Waals surface area contributed by atoms with Gasteiger partial charge in [-0.1, -0.05) is 13.8 Å². The van der Waals surface area contributed by atoms with Gasteiger partial charge >= 0.3 is 5.97 Å². The molecule has 1 heterocycles. The summed E-state index contributed by atoms with van der Waals surface area (Å²) in [6, 6.07) is 0.240. The first-order valence-corrected chi connectivity index (χ1v) is 9.37. The van der Waals surface area contributed by atoms with Crippen molar-refractivity contribution in [1.82, 2.24) is 0 Å². The third kappa shape index (κ3) is 3.16. The Bertz CT molecular complexity index is 651. The van der Waals surface area contributed by atoms with E-state index in [-0.39, 0.29) is 33.9 Å². The molecule has 8 heteroatoms. The molecular formula is C13H20N2O4S2. The number of nitrogens with two attached hydrogens (primary N) is 1. The molecule has 2 unspecified atom stereocenters. The fraction of sp³-hybridized carbons (Fsp3) is 0.615. The van der Waals surface area contributed by atoms with Gasteiger partial charge in [-0.3, -0.25) is 0 Å². The van der Waals surface area contributed by atoms with Gasteiger partial charge in [0.25, 0.3) is 0 Å².